The molecule has 4 rings (SSSR count). The summed E-state index contributed by atoms with van der Waals surface area (Å²) in [5, 5.41) is 7.35. The number of carbonyl (C=O) groups excluding carboxylic acids is 1. The number of sulfonamides is 1. The van der Waals surface area contributed by atoms with Crippen LogP contribution in [-0.2, 0) is 14.8 Å². The van der Waals surface area contributed by atoms with E-state index in [1.54, 1.807) is 43.3 Å². The van der Waals surface area contributed by atoms with Crippen molar-refractivity contribution in [2.45, 2.75) is 11.8 Å². The molecule has 33 heavy (non-hydrogen) atoms. The van der Waals surface area contributed by atoms with Gasteiger partial charge in [0.1, 0.15) is 10.6 Å². The van der Waals surface area contributed by atoms with Gasteiger partial charge in [0.2, 0.25) is 0 Å². The van der Waals surface area contributed by atoms with Crippen molar-refractivity contribution in [3.8, 4) is 28.4 Å². The number of carbonyl (C=O) groups is 1. The quantitative estimate of drug-likeness (QED) is 0.380. The minimum atomic E-state index is -4.07. The molecule has 11 heteroatoms. The maximum atomic E-state index is 13.2. The zero-order chi connectivity index (χ0) is 23.4. The van der Waals surface area contributed by atoms with E-state index >= 15 is 0 Å². The summed E-state index contributed by atoms with van der Waals surface area (Å²) in [4.78, 5) is 11.7. The van der Waals surface area contributed by atoms with Gasteiger partial charge < -0.3 is 18.5 Å². The zero-order valence-corrected chi connectivity index (χ0v) is 18.5. The molecular formula is C22H19N3O7S. The molecular weight excluding hydrogens is 450 g/mol. The molecule has 0 atom stereocenters. The molecule has 10 nitrogen and oxygen atoms in total. The molecule has 1 N–H and O–H groups in total. The Morgan fingerprint density at radius 1 is 1.03 bits per heavy atom. The zero-order valence-electron chi connectivity index (χ0n) is 17.6. The van der Waals surface area contributed by atoms with Gasteiger partial charge in [-0.15, -0.1) is 0 Å². The van der Waals surface area contributed by atoms with E-state index in [0.717, 1.165) is 0 Å². The van der Waals surface area contributed by atoms with Crippen molar-refractivity contribution in [2.24, 2.45) is 0 Å². The van der Waals surface area contributed by atoms with Crippen molar-refractivity contribution in [1.29, 1.82) is 0 Å². The summed E-state index contributed by atoms with van der Waals surface area (Å²) in [6, 6.07) is 14.2. The summed E-state index contributed by atoms with van der Waals surface area (Å²) in [6.45, 7) is 1.86. The molecule has 0 saturated heterocycles. The van der Waals surface area contributed by atoms with Crippen molar-refractivity contribution in [1.82, 2.24) is 10.3 Å². The second-order valence-corrected chi connectivity index (χ2v) is 8.38. The van der Waals surface area contributed by atoms with Gasteiger partial charge in [-0.3, -0.25) is 4.72 Å². The normalized spacial score (nSPS) is 11.2. The molecule has 4 aromatic rings. The Balaban J connectivity index is 1.66. The van der Waals surface area contributed by atoms with Crippen LogP contribution in [0.2, 0.25) is 0 Å². The molecule has 2 heterocycles. The first kappa shape index (κ1) is 22.1. The van der Waals surface area contributed by atoms with E-state index in [1.807, 2.05) is 0 Å². The molecule has 0 fully saturated rings. The lowest BCUT2D eigenvalue weighted by Crippen LogP contribution is -2.14. The predicted octanol–water partition coefficient (Wildman–Crippen LogP) is 3.98. The summed E-state index contributed by atoms with van der Waals surface area (Å²) < 4.78 is 49.5. The van der Waals surface area contributed by atoms with Crippen LogP contribution in [0.3, 0.4) is 0 Å². The lowest BCUT2D eigenvalue weighted by atomic mass is 10.1. The number of benzene rings is 2. The Hall–Kier alpha value is -4.12. The van der Waals surface area contributed by atoms with E-state index in [4.69, 9.17) is 18.5 Å². The fourth-order valence-electron chi connectivity index (χ4n) is 3.06. The second-order valence-electron chi connectivity index (χ2n) is 6.73. The molecule has 0 aliphatic heterocycles. The number of nitrogens with zero attached hydrogens (tertiary/aromatic N) is 2. The standard InChI is InChI=1S/C22H19N3O7S/c1-3-30-22(26)17-13-20(32-24-17)15-7-8-19(29-2)21(12-15)33(27,28)25-16-6-4-5-14(11-16)18-9-10-23-31-18/h4-13,25H,3H2,1-2H3. The monoisotopic (exact) mass is 469 g/mol. The van der Waals surface area contributed by atoms with Crippen molar-refractivity contribution in [3.63, 3.8) is 0 Å². The van der Waals surface area contributed by atoms with Crippen molar-refractivity contribution < 1.29 is 31.7 Å². The van der Waals surface area contributed by atoms with Gasteiger partial charge in [-0.1, -0.05) is 22.4 Å². The molecule has 170 valence electrons. The SMILES string of the molecule is CCOC(=O)c1cc(-c2ccc(OC)c(S(=O)(=O)Nc3cccc(-c4ccno4)c3)c2)on1. The summed E-state index contributed by atoms with van der Waals surface area (Å²) >= 11 is 0. The molecule has 2 aromatic heterocycles. The van der Waals surface area contributed by atoms with Crippen LogP contribution in [0.1, 0.15) is 17.4 Å². The Morgan fingerprint density at radius 2 is 1.85 bits per heavy atom. The van der Waals surface area contributed by atoms with Crippen LogP contribution >= 0.6 is 0 Å². The Labute approximate surface area is 189 Å². The molecule has 0 amide bonds. The first-order chi connectivity index (χ1) is 15.9. The third kappa shape index (κ3) is 4.72. The largest absolute Gasteiger partial charge is 0.495 e. The van der Waals surface area contributed by atoms with Crippen LogP contribution < -0.4 is 9.46 Å². The van der Waals surface area contributed by atoms with Gasteiger partial charge in [0.05, 0.1) is 19.9 Å². The highest BCUT2D eigenvalue weighted by Crippen LogP contribution is 2.32. The average molecular weight is 469 g/mol. The van der Waals surface area contributed by atoms with Crippen molar-refractivity contribution in [2.75, 3.05) is 18.4 Å². The Morgan fingerprint density at radius 3 is 2.58 bits per heavy atom. The van der Waals surface area contributed by atoms with Gasteiger partial charge >= 0.3 is 5.97 Å². The summed E-state index contributed by atoms with van der Waals surface area (Å²) in [5.74, 6) is 0.188. The number of rotatable bonds is 8. The fraction of sp³-hybridized carbons (Fsp3) is 0.136. The lowest BCUT2D eigenvalue weighted by molar-refractivity contribution is 0.0514. The van der Waals surface area contributed by atoms with Crippen LogP contribution in [0.5, 0.6) is 5.75 Å². The third-order valence-corrected chi connectivity index (χ3v) is 5.97. The number of anilines is 1. The first-order valence-electron chi connectivity index (χ1n) is 9.77. The smallest absolute Gasteiger partial charge is 0.360 e. The van der Waals surface area contributed by atoms with Crippen LogP contribution in [0.25, 0.3) is 22.6 Å². The van der Waals surface area contributed by atoms with E-state index in [-0.39, 0.29) is 28.7 Å². The highest BCUT2D eigenvalue weighted by molar-refractivity contribution is 7.92. The van der Waals surface area contributed by atoms with E-state index in [0.29, 0.717) is 22.6 Å². The molecule has 0 aliphatic rings. The van der Waals surface area contributed by atoms with Crippen LogP contribution in [0.4, 0.5) is 5.69 Å². The molecule has 0 aliphatic carbocycles. The molecule has 0 radical (unpaired) electrons. The Bertz CT molecular complexity index is 1380. The minimum absolute atomic E-state index is 0.0190. The first-order valence-corrected chi connectivity index (χ1v) is 11.3. The van der Waals surface area contributed by atoms with Gasteiger partial charge in [-0.2, -0.15) is 0 Å². The topological polar surface area (TPSA) is 134 Å². The van der Waals surface area contributed by atoms with E-state index in [1.165, 1.54) is 31.5 Å². The number of esters is 1. The number of aromatic nitrogens is 2. The molecule has 0 saturated carbocycles. The number of nitrogens with one attached hydrogen (secondary N) is 1. The lowest BCUT2D eigenvalue weighted by Gasteiger charge is -2.13. The van der Waals surface area contributed by atoms with Crippen molar-refractivity contribution in [3.05, 3.63) is 66.5 Å². The summed E-state index contributed by atoms with van der Waals surface area (Å²) in [6.07, 6.45) is 1.50. The fourth-order valence-corrected chi connectivity index (χ4v) is 4.31. The van der Waals surface area contributed by atoms with Crippen LogP contribution in [-0.4, -0.2) is 38.4 Å². The van der Waals surface area contributed by atoms with Crippen LogP contribution in [0, 0.1) is 0 Å². The second kappa shape index (κ2) is 9.17. The van der Waals surface area contributed by atoms with Crippen LogP contribution in [0.15, 0.2) is 74.7 Å². The van der Waals surface area contributed by atoms with E-state index in [9.17, 15) is 13.2 Å². The summed E-state index contributed by atoms with van der Waals surface area (Å²) in [7, 11) is -2.70. The molecule has 2 aromatic carbocycles. The van der Waals surface area contributed by atoms with E-state index in [2.05, 4.69) is 15.0 Å². The Kier molecular flexibility index (Phi) is 6.13. The molecule has 0 spiro atoms. The third-order valence-electron chi connectivity index (χ3n) is 4.57. The van der Waals surface area contributed by atoms with Crippen molar-refractivity contribution >= 4 is 21.7 Å². The predicted molar refractivity (Wildman–Crippen MR) is 117 cm³/mol. The summed E-state index contributed by atoms with van der Waals surface area (Å²) in [5.41, 5.74) is 1.34. The van der Waals surface area contributed by atoms with Gasteiger partial charge in [0.15, 0.2) is 17.2 Å². The average Bonchev–Trinajstić information content (AvgIpc) is 3.51. The molecule has 0 bridgehead atoms. The number of methoxy groups -OCH3 is 1. The van der Waals surface area contributed by atoms with Gasteiger partial charge in [-0.25, -0.2) is 13.2 Å². The maximum absolute atomic E-state index is 13.2. The number of hydrogen-bond donors (Lipinski definition) is 1. The highest BCUT2D eigenvalue weighted by atomic mass is 32.2. The van der Waals surface area contributed by atoms with Gasteiger partial charge in [0.25, 0.3) is 10.0 Å². The number of hydrogen-bond acceptors (Lipinski definition) is 9. The number of ether oxygens (including phenoxy) is 2. The highest BCUT2D eigenvalue weighted by Gasteiger charge is 2.23. The minimum Gasteiger partial charge on any atom is -0.495 e. The maximum Gasteiger partial charge on any atom is 0.360 e. The van der Waals surface area contributed by atoms with E-state index < -0.39 is 16.0 Å². The van der Waals surface area contributed by atoms with Gasteiger partial charge in [-0.05, 0) is 37.3 Å². The molecule has 0 unspecified atom stereocenters. The van der Waals surface area contributed by atoms with Gasteiger partial charge in [0, 0.05) is 28.9 Å².